The average molecular weight is 221 g/mol. The summed E-state index contributed by atoms with van der Waals surface area (Å²) in [5, 5.41) is 6.86. The highest BCUT2D eigenvalue weighted by molar-refractivity contribution is 5.48. The predicted octanol–water partition coefficient (Wildman–Crippen LogP) is 2.65. The molecule has 0 saturated carbocycles. The maximum Gasteiger partial charge on any atom is 0.0572 e. The lowest BCUT2D eigenvalue weighted by Crippen LogP contribution is -2.22. The van der Waals surface area contributed by atoms with Gasteiger partial charge in [0.15, 0.2) is 0 Å². The number of nitrogens with zero attached hydrogens (tertiary/aromatic N) is 1. The zero-order valence-corrected chi connectivity index (χ0v) is 10.7. The fraction of sp³-hybridized carbons (Fsp3) is 0.615. The Kier molecular flexibility index (Phi) is 5.26. The summed E-state index contributed by atoms with van der Waals surface area (Å²) in [5.41, 5.74) is 2.42. The van der Waals surface area contributed by atoms with E-state index in [1.54, 1.807) is 0 Å². The van der Waals surface area contributed by atoms with Gasteiger partial charge in [-0.25, -0.2) is 0 Å². The highest BCUT2D eigenvalue weighted by Crippen LogP contribution is 2.13. The van der Waals surface area contributed by atoms with Crippen LogP contribution in [0.2, 0.25) is 0 Å². The third-order valence-electron chi connectivity index (χ3n) is 2.31. The second-order valence-corrected chi connectivity index (χ2v) is 4.84. The van der Waals surface area contributed by atoms with E-state index in [2.05, 4.69) is 49.4 Å². The Labute approximate surface area is 98.7 Å². The third kappa shape index (κ3) is 4.62. The van der Waals surface area contributed by atoms with Crippen LogP contribution in [0.5, 0.6) is 0 Å². The lowest BCUT2D eigenvalue weighted by molar-refractivity contribution is 0.588. The molecule has 0 unspecified atom stereocenters. The van der Waals surface area contributed by atoms with Gasteiger partial charge in [0, 0.05) is 25.3 Å². The van der Waals surface area contributed by atoms with E-state index in [0.717, 1.165) is 18.8 Å². The summed E-state index contributed by atoms with van der Waals surface area (Å²) in [4.78, 5) is 4.16. The highest BCUT2D eigenvalue weighted by atomic mass is 14.9. The van der Waals surface area contributed by atoms with Crippen LogP contribution in [-0.4, -0.2) is 17.6 Å². The molecule has 0 aromatic carbocycles. The largest absolute Gasteiger partial charge is 0.383 e. The van der Waals surface area contributed by atoms with Gasteiger partial charge in [0.05, 0.1) is 11.9 Å². The first-order valence-corrected chi connectivity index (χ1v) is 5.99. The Morgan fingerprint density at radius 3 is 2.62 bits per heavy atom. The van der Waals surface area contributed by atoms with Gasteiger partial charge in [-0.15, -0.1) is 0 Å². The van der Waals surface area contributed by atoms with Crippen LogP contribution in [0.25, 0.3) is 0 Å². The summed E-state index contributed by atoms with van der Waals surface area (Å²) < 4.78 is 0. The molecule has 3 heteroatoms. The molecular formula is C13H23N3. The van der Waals surface area contributed by atoms with Crippen LogP contribution in [0.1, 0.15) is 33.3 Å². The lowest BCUT2D eigenvalue weighted by atomic mass is 10.2. The van der Waals surface area contributed by atoms with E-state index in [1.807, 2.05) is 12.4 Å². The SMILES string of the molecule is CC(C)CNc1cnccc1CNC(C)C. The zero-order chi connectivity index (χ0) is 12.0. The number of hydrogen-bond acceptors (Lipinski definition) is 3. The molecule has 1 rings (SSSR count). The second kappa shape index (κ2) is 6.48. The van der Waals surface area contributed by atoms with Crippen LogP contribution >= 0.6 is 0 Å². The lowest BCUT2D eigenvalue weighted by Gasteiger charge is -2.14. The molecule has 3 nitrogen and oxygen atoms in total. The molecule has 0 spiro atoms. The minimum absolute atomic E-state index is 0.506. The van der Waals surface area contributed by atoms with E-state index in [4.69, 9.17) is 0 Å². The first-order chi connectivity index (χ1) is 7.59. The molecule has 1 aromatic heterocycles. The summed E-state index contributed by atoms with van der Waals surface area (Å²) in [6, 6.07) is 2.57. The van der Waals surface area contributed by atoms with Crippen LogP contribution in [0.4, 0.5) is 5.69 Å². The van der Waals surface area contributed by atoms with Gasteiger partial charge in [-0.05, 0) is 17.5 Å². The van der Waals surface area contributed by atoms with Crippen LogP contribution < -0.4 is 10.6 Å². The zero-order valence-electron chi connectivity index (χ0n) is 10.7. The van der Waals surface area contributed by atoms with Gasteiger partial charge in [-0.2, -0.15) is 0 Å². The van der Waals surface area contributed by atoms with Gasteiger partial charge in [-0.3, -0.25) is 4.98 Å². The average Bonchev–Trinajstić information content (AvgIpc) is 2.24. The number of hydrogen-bond donors (Lipinski definition) is 2. The second-order valence-electron chi connectivity index (χ2n) is 4.84. The minimum atomic E-state index is 0.506. The van der Waals surface area contributed by atoms with Crippen molar-refractivity contribution in [1.82, 2.24) is 10.3 Å². The van der Waals surface area contributed by atoms with Crippen molar-refractivity contribution < 1.29 is 0 Å². The maximum atomic E-state index is 4.16. The van der Waals surface area contributed by atoms with Gasteiger partial charge >= 0.3 is 0 Å². The molecule has 16 heavy (non-hydrogen) atoms. The summed E-state index contributed by atoms with van der Waals surface area (Å²) in [6.07, 6.45) is 3.75. The Bertz CT molecular complexity index is 277. The highest BCUT2D eigenvalue weighted by Gasteiger charge is 2.03. The van der Waals surface area contributed by atoms with Gasteiger partial charge in [-0.1, -0.05) is 27.7 Å². The van der Waals surface area contributed by atoms with Crippen LogP contribution in [0.3, 0.4) is 0 Å². The minimum Gasteiger partial charge on any atom is -0.383 e. The van der Waals surface area contributed by atoms with Crippen LogP contribution in [0, 0.1) is 5.92 Å². The molecule has 0 aliphatic rings. The smallest absolute Gasteiger partial charge is 0.0572 e. The number of pyridine rings is 1. The Hall–Kier alpha value is -1.09. The van der Waals surface area contributed by atoms with Gasteiger partial charge < -0.3 is 10.6 Å². The van der Waals surface area contributed by atoms with Crippen molar-refractivity contribution >= 4 is 5.69 Å². The van der Waals surface area contributed by atoms with Crippen molar-refractivity contribution in [2.45, 2.75) is 40.3 Å². The van der Waals surface area contributed by atoms with Gasteiger partial charge in [0.1, 0.15) is 0 Å². The molecule has 0 fully saturated rings. The third-order valence-corrected chi connectivity index (χ3v) is 2.31. The fourth-order valence-electron chi connectivity index (χ4n) is 1.36. The molecule has 0 aliphatic heterocycles. The molecule has 0 saturated heterocycles. The molecule has 2 N–H and O–H groups in total. The molecule has 1 aromatic rings. The predicted molar refractivity (Wildman–Crippen MR) is 69.5 cm³/mol. The van der Waals surface area contributed by atoms with E-state index in [0.29, 0.717) is 12.0 Å². The molecule has 1 heterocycles. The Morgan fingerprint density at radius 1 is 1.25 bits per heavy atom. The molecule has 0 amide bonds. The molecule has 0 radical (unpaired) electrons. The quantitative estimate of drug-likeness (QED) is 0.775. The molecule has 90 valence electrons. The molecule has 0 bridgehead atoms. The van der Waals surface area contributed by atoms with Crippen LogP contribution in [-0.2, 0) is 6.54 Å². The van der Waals surface area contributed by atoms with E-state index in [1.165, 1.54) is 5.56 Å². The molecule has 0 atom stereocenters. The van der Waals surface area contributed by atoms with Crippen LogP contribution in [0.15, 0.2) is 18.5 Å². The monoisotopic (exact) mass is 221 g/mol. The topological polar surface area (TPSA) is 37.0 Å². The van der Waals surface area contributed by atoms with Crippen molar-refractivity contribution in [3.05, 3.63) is 24.0 Å². The summed E-state index contributed by atoms with van der Waals surface area (Å²) in [7, 11) is 0. The van der Waals surface area contributed by atoms with E-state index >= 15 is 0 Å². The first-order valence-electron chi connectivity index (χ1n) is 5.99. The summed E-state index contributed by atoms with van der Waals surface area (Å²) >= 11 is 0. The van der Waals surface area contributed by atoms with Crippen molar-refractivity contribution in [2.75, 3.05) is 11.9 Å². The van der Waals surface area contributed by atoms with E-state index in [-0.39, 0.29) is 0 Å². The number of rotatable bonds is 6. The first kappa shape index (κ1) is 13.0. The standard InChI is InChI=1S/C13H23N3/c1-10(2)7-16-13-9-14-6-5-12(13)8-15-11(3)4/h5-6,9-11,15-16H,7-8H2,1-4H3. The van der Waals surface area contributed by atoms with Crippen molar-refractivity contribution in [3.8, 4) is 0 Å². The van der Waals surface area contributed by atoms with Gasteiger partial charge in [0.2, 0.25) is 0 Å². The Balaban J connectivity index is 2.60. The normalized spacial score (nSPS) is 11.1. The Morgan fingerprint density at radius 2 is 2.00 bits per heavy atom. The molecular weight excluding hydrogens is 198 g/mol. The van der Waals surface area contributed by atoms with Gasteiger partial charge in [0.25, 0.3) is 0 Å². The summed E-state index contributed by atoms with van der Waals surface area (Å²) in [5.74, 6) is 0.645. The maximum absolute atomic E-state index is 4.16. The van der Waals surface area contributed by atoms with E-state index < -0.39 is 0 Å². The van der Waals surface area contributed by atoms with Crippen molar-refractivity contribution in [1.29, 1.82) is 0 Å². The summed E-state index contributed by atoms with van der Waals surface area (Å²) in [6.45, 7) is 10.6. The van der Waals surface area contributed by atoms with Crippen molar-refractivity contribution in [3.63, 3.8) is 0 Å². The number of nitrogens with one attached hydrogen (secondary N) is 2. The van der Waals surface area contributed by atoms with E-state index in [9.17, 15) is 0 Å². The number of anilines is 1. The fourth-order valence-corrected chi connectivity index (χ4v) is 1.36. The van der Waals surface area contributed by atoms with Crippen molar-refractivity contribution in [2.24, 2.45) is 5.92 Å². The number of aromatic nitrogens is 1. The molecule has 0 aliphatic carbocycles.